The number of hydrogen-bond donors (Lipinski definition) is 2. The maximum absolute atomic E-state index is 13.7. The van der Waals surface area contributed by atoms with Crippen LogP contribution in [-0.2, 0) is 20.7 Å². The lowest BCUT2D eigenvalue weighted by molar-refractivity contribution is -0.147. The number of ether oxygens (including phenoxy) is 1. The van der Waals surface area contributed by atoms with Gasteiger partial charge in [-0.3, -0.25) is 4.79 Å². The van der Waals surface area contributed by atoms with Crippen LogP contribution in [0.3, 0.4) is 0 Å². The lowest BCUT2D eigenvalue weighted by Crippen LogP contribution is -2.48. The first-order valence-electron chi connectivity index (χ1n) is 8.87. The van der Waals surface area contributed by atoms with Gasteiger partial charge < -0.3 is 15.8 Å². The molecule has 0 saturated heterocycles. The van der Waals surface area contributed by atoms with E-state index in [1.807, 2.05) is 0 Å². The third-order valence-corrected chi connectivity index (χ3v) is 4.78. The fourth-order valence-corrected chi connectivity index (χ4v) is 3.45. The second kappa shape index (κ2) is 9.51. The lowest BCUT2D eigenvalue weighted by atomic mass is 9.83. The Morgan fingerprint density at radius 2 is 1.96 bits per heavy atom. The Hall–Kier alpha value is -1.95. The summed E-state index contributed by atoms with van der Waals surface area (Å²) >= 11 is 0. The third-order valence-electron chi connectivity index (χ3n) is 4.78. The summed E-state index contributed by atoms with van der Waals surface area (Å²) in [6.45, 7) is 0. The van der Waals surface area contributed by atoms with Crippen LogP contribution in [0.15, 0.2) is 24.3 Å². The molecule has 5 nitrogen and oxygen atoms in total. The summed E-state index contributed by atoms with van der Waals surface area (Å²) in [6, 6.07) is 5.24. The first-order valence-corrected chi connectivity index (χ1v) is 8.87. The maximum Gasteiger partial charge on any atom is 0.328 e. The summed E-state index contributed by atoms with van der Waals surface area (Å²) < 4.78 is 18.5. The molecule has 3 N–H and O–H groups in total. The van der Waals surface area contributed by atoms with Crippen molar-refractivity contribution in [1.82, 2.24) is 5.32 Å². The number of carbonyl (C=O) groups is 2. The van der Waals surface area contributed by atoms with Crippen molar-refractivity contribution >= 4 is 11.9 Å². The topological polar surface area (TPSA) is 81.4 Å². The highest BCUT2D eigenvalue weighted by molar-refractivity contribution is 5.85. The van der Waals surface area contributed by atoms with Crippen molar-refractivity contribution in [1.29, 1.82) is 0 Å². The van der Waals surface area contributed by atoms with E-state index in [0.29, 0.717) is 5.56 Å². The summed E-state index contributed by atoms with van der Waals surface area (Å²) in [5.74, 6) is -0.936. The molecule has 0 aromatic heterocycles. The van der Waals surface area contributed by atoms with Crippen molar-refractivity contribution in [3.63, 3.8) is 0 Å². The van der Waals surface area contributed by atoms with Gasteiger partial charge in [0.2, 0.25) is 5.91 Å². The molecule has 2 rings (SSSR count). The fraction of sp³-hybridized carbons (Fsp3) is 0.579. The normalized spacial score (nSPS) is 17.6. The number of nitrogens with two attached hydrogens (primary N) is 1. The van der Waals surface area contributed by atoms with Gasteiger partial charge in [0.1, 0.15) is 11.9 Å². The van der Waals surface area contributed by atoms with E-state index in [1.54, 1.807) is 18.2 Å². The average Bonchev–Trinajstić information content (AvgIpc) is 2.61. The molecule has 0 radical (unpaired) electrons. The number of hydrogen-bond acceptors (Lipinski definition) is 4. The van der Waals surface area contributed by atoms with Crippen molar-refractivity contribution in [2.75, 3.05) is 7.11 Å². The van der Waals surface area contributed by atoms with Gasteiger partial charge in [-0.25, -0.2) is 9.18 Å². The Bertz CT molecular complexity index is 588. The van der Waals surface area contributed by atoms with Gasteiger partial charge in [0, 0.05) is 12.5 Å². The molecule has 1 aliphatic carbocycles. The molecular formula is C19H27FN2O3. The molecular weight excluding hydrogens is 323 g/mol. The van der Waals surface area contributed by atoms with E-state index >= 15 is 0 Å². The molecule has 0 aliphatic heterocycles. The number of methoxy groups -OCH3 is 1. The van der Waals surface area contributed by atoms with Crippen LogP contribution in [0.1, 0.15) is 44.1 Å². The van der Waals surface area contributed by atoms with Gasteiger partial charge in [0.25, 0.3) is 0 Å². The average molecular weight is 350 g/mol. The molecule has 6 heteroatoms. The molecule has 1 aromatic carbocycles. The number of rotatable bonds is 7. The summed E-state index contributed by atoms with van der Waals surface area (Å²) in [5, 5.41) is 2.78. The van der Waals surface area contributed by atoms with E-state index in [0.717, 1.165) is 32.1 Å². The van der Waals surface area contributed by atoms with Gasteiger partial charge in [-0.05, 0) is 36.8 Å². The van der Waals surface area contributed by atoms with Gasteiger partial charge in [0.15, 0.2) is 0 Å². The summed E-state index contributed by atoms with van der Waals surface area (Å²) in [7, 11) is 1.33. The second-order valence-electron chi connectivity index (χ2n) is 6.73. The van der Waals surface area contributed by atoms with Crippen molar-refractivity contribution < 1.29 is 18.7 Å². The van der Waals surface area contributed by atoms with Gasteiger partial charge >= 0.3 is 5.97 Å². The standard InChI is InChI=1S/C19H27FN2O3/c1-25-19(24)18(13-7-3-2-4-8-13)22-17(23)12-15(21)11-14-9-5-6-10-16(14)20/h5-6,9-10,13,15,18H,2-4,7-8,11-12,21H2,1H3,(H,22,23)/t15-,18-/m1/s1. The van der Waals surface area contributed by atoms with Crippen LogP contribution >= 0.6 is 0 Å². The number of halogens is 1. The maximum atomic E-state index is 13.7. The van der Waals surface area contributed by atoms with Crippen LogP contribution in [0.2, 0.25) is 0 Å². The minimum Gasteiger partial charge on any atom is -0.467 e. The molecule has 25 heavy (non-hydrogen) atoms. The third kappa shape index (κ3) is 5.81. The lowest BCUT2D eigenvalue weighted by Gasteiger charge is -2.29. The van der Waals surface area contributed by atoms with Gasteiger partial charge in [0.05, 0.1) is 7.11 Å². The molecule has 0 bridgehead atoms. The predicted molar refractivity (Wildman–Crippen MR) is 93.2 cm³/mol. The Morgan fingerprint density at radius 3 is 2.60 bits per heavy atom. The van der Waals surface area contributed by atoms with E-state index < -0.39 is 18.1 Å². The number of esters is 1. The molecule has 1 aliphatic rings. The Kier molecular flexibility index (Phi) is 7.37. The first kappa shape index (κ1) is 19.4. The molecule has 0 spiro atoms. The number of amides is 1. The van der Waals surface area contributed by atoms with E-state index in [-0.39, 0.29) is 30.5 Å². The molecule has 0 unspecified atom stereocenters. The number of carbonyl (C=O) groups excluding carboxylic acids is 2. The molecule has 1 amide bonds. The van der Waals surface area contributed by atoms with E-state index in [4.69, 9.17) is 10.5 Å². The molecule has 2 atom stereocenters. The van der Waals surface area contributed by atoms with Crippen molar-refractivity contribution in [2.24, 2.45) is 11.7 Å². The summed E-state index contributed by atoms with van der Waals surface area (Å²) in [5.41, 5.74) is 6.48. The van der Waals surface area contributed by atoms with Crippen LogP contribution in [-0.4, -0.2) is 31.1 Å². The minimum atomic E-state index is -0.626. The van der Waals surface area contributed by atoms with Crippen LogP contribution in [0.4, 0.5) is 4.39 Å². The molecule has 1 saturated carbocycles. The highest BCUT2D eigenvalue weighted by atomic mass is 19.1. The molecule has 0 heterocycles. The minimum absolute atomic E-state index is 0.0363. The van der Waals surface area contributed by atoms with Crippen LogP contribution in [0.5, 0.6) is 0 Å². The smallest absolute Gasteiger partial charge is 0.328 e. The Balaban J connectivity index is 1.91. The number of benzene rings is 1. The zero-order valence-electron chi connectivity index (χ0n) is 14.7. The fourth-order valence-electron chi connectivity index (χ4n) is 3.45. The van der Waals surface area contributed by atoms with Crippen molar-refractivity contribution in [3.05, 3.63) is 35.6 Å². The highest BCUT2D eigenvalue weighted by Gasteiger charge is 2.31. The van der Waals surface area contributed by atoms with Crippen LogP contribution < -0.4 is 11.1 Å². The SMILES string of the molecule is COC(=O)[C@H](NC(=O)C[C@H](N)Cc1ccccc1F)C1CCCCC1. The van der Waals surface area contributed by atoms with Crippen LogP contribution in [0, 0.1) is 11.7 Å². The number of nitrogens with one attached hydrogen (secondary N) is 1. The highest BCUT2D eigenvalue weighted by Crippen LogP contribution is 2.27. The zero-order valence-corrected chi connectivity index (χ0v) is 14.7. The van der Waals surface area contributed by atoms with Crippen molar-refractivity contribution in [3.8, 4) is 0 Å². The quantitative estimate of drug-likeness (QED) is 0.740. The monoisotopic (exact) mass is 350 g/mol. The zero-order chi connectivity index (χ0) is 18.2. The Morgan fingerprint density at radius 1 is 1.28 bits per heavy atom. The molecule has 1 aromatic rings. The molecule has 1 fully saturated rings. The largest absolute Gasteiger partial charge is 0.467 e. The van der Waals surface area contributed by atoms with E-state index in [1.165, 1.54) is 13.2 Å². The first-order chi connectivity index (χ1) is 12.0. The second-order valence-corrected chi connectivity index (χ2v) is 6.73. The predicted octanol–water partition coefficient (Wildman–Crippen LogP) is 2.32. The Labute approximate surface area is 148 Å². The molecule has 138 valence electrons. The van der Waals surface area contributed by atoms with Gasteiger partial charge in [-0.2, -0.15) is 0 Å². The van der Waals surface area contributed by atoms with Gasteiger partial charge in [-0.15, -0.1) is 0 Å². The summed E-state index contributed by atoms with van der Waals surface area (Å²) in [4.78, 5) is 24.4. The summed E-state index contributed by atoms with van der Waals surface area (Å²) in [6.07, 6.45) is 5.39. The van der Waals surface area contributed by atoms with E-state index in [9.17, 15) is 14.0 Å². The van der Waals surface area contributed by atoms with E-state index in [2.05, 4.69) is 5.32 Å². The van der Waals surface area contributed by atoms with Crippen LogP contribution in [0.25, 0.3) is 0 Å². The van der Waals surface area contributed by atoms with Gasteiger partial charge in [-0.1, -0.05) is 37.5 Å². The van der Waals surface area contributed by atoms with Crippen molar-refractivity contribution in [2.45, 2.75) is 57.0 Å².